The Labute approximate surface area is 375 Å². The van der Waals surface area contributed by atoms with Gasteiger partial charge in [0.1, 0.15) is 44.2 Å². The van der Waals surface area contributed by atoms with Gasteiger partial charge in [0.05, 0.1) is 33.2 Å². The lowest BCUT2D eigenvalue weighted by molar-refractivity contribution is -0.267. The number of nitrogens with one attached hydrogen (secondary N) is 1. The van der Waals surface area contributed by atoms with E-state index in [0.717, 1.165) is 36.8 Å². The van der Waals surface area contributed by atoms with E-state index in [2.05, 4.69) is 4.98 Å². The minimum absolute atomic E-state index is 0.0132. The number of amides is 2. The first-order valence-corrected chi connectivity index (χ1v) is 21.0. The van der Waals surface area contributed by atoms with Crippen molar-refractivity contribution >= 4 is 79.3 Å². The normalized spacial score (nSPS) is 19.3. The van der Waals surface area contributed by atoms with Crippen LogP contribution in [0.25, 0.3) is 43.6 Å². The van der Waals surface area contributed by atoms with E-state index in [9.17, 15) is 33.9 Å². The third kappa shape index (κ3) is 7.71. The molecule has 2 amide bonds. The first-order chi connectivity index (χ1) is 31.9. The molecule has 1 saturated heterocycles. The zero-order chi connectivity index (χ0) is 46.4. The second-order valence-corrected chi connectivity index (χ2v) is 15.9. The molecule has 9 rings (SSSR count). The molecule has 17 heteroatoms. The molecule has 2 aromatic heterocycles. The molecule has 0 saturated carbocycles. The van der Waals surface area contributed by atoms with Crippen molar-refractivity contribution in [3.05, 3.63) is 119 Å². The molecule has 66 heavy (non-hydrogen) atoms. The number of carbonyl (C=O) groups is 6. The second-order valence-electron chi connectivity index (χ2n) is 15.9. The average molecular weight is 898 g/mol. The van der Waals surface area contributed by atoms with Crippen molar-refractivity contribution in [2.45, 2.75) is 71.6 Å². The molecular formula is C49H43N3O14. The van der Waals surface area contributed by atoms with Crippen LogP contribution in [0, 0.1) is 0 Å². The smallest absolute Gasteiger partial charge is 0.303 e. The van der Waals surface area contributed by atoms with Gasteiger partial charge in [0.2, 0.25) is 0 Å². The standard InChI is InChI=1S/C49H43N3O14/c1-25(54)60-23-35-44(63-26(2)55)45(64-27(3)56)46(65-28(4)57)49(66-35)52-42-32(18-12-20-34(42)62-22-30-15-9-6-10-16-30)37-39-38(47(58)51(24-53)48(39)59)36-31-17-11-19-33(40(31)50-41(36)43(37)52)61-21-29-13-7-5-8-14-29/h5-20,35,44-46,49-50,53H,21-24H2,1-4H3/t35-,44-,45+,46-,49-/m1/s1. The lowest BCUT2D eigenvalue weighted by Gasteiger charge is -2.45. The molecular weight excluding hydrogens is 855 g/mol. The number of hydrogen-bond donors (Lipinski definition) is 2. The fourth-order valence-corrected chi connectivity index (χ4v) is 9.00. The molecule has 0 radical (unpaired) electrons. The summed E-state index contributed by atoms with van der Waals surface area (Å²) in [5, 5.41) is 11.9. The number of aromatic amines is 1. The van der Waals surface area contributed by atoms with Crippen LogP contribution >= 0.6 is 0 Å². The van der Waals surface area contributed by atoms with Crippen molar-refractivity contribution in [3.63, 3.8) is 0 Å². The number of aromatic nitrogens is 2. The second kappa shape index (κ2) is 17.7. The fourth-order valence-electron chi connectivity index (χ4n) is 9.00. The number of fused-ring (bicyclic) bond motifs is 10. The van der Waals surface area contributed by atoms with Gasteiger partial charge in [-0.3, -0.25) is 33.7 Å². The number of H-pyrrole nitrogens is 1. The number of ether oxygens (including phenoxy) is 7. The molecule has 0 unspecified atom stereocenters. The number of aliphatic hydroxyl groups excluding tert-OH is 1. The third-order valence-corrected chi connectivity index (χ3v) is 11.5. The number of esters is 4. The Kier molecular flexibility index (Phi) is 11.6. The minimum atomic E-state index is -1.60. The maximum absolute atomic E-state index is 14.6. The lowest BCUT2D eigenvalue weighted by Crippen LogP contribution is -2.60. The van der Waals surface area contributed by atoms with Crippen LogP contribution in [0.2, 0.25) is 0 Å². The Balaban J connectivity index is 1.41. The molecule has 1 fully saturated rings. The van der Waals surface area contributed by atoms with E-state index in [1.807, 2.05) is 60.7 Å². The summed E-state index contributed by atoms with van der Waals surface area (Å²) in [4.78, 5) is 84.6. The zero-order valence-corrected chi connectivity index (χ0v) is 36.1. The molecule has 5 atom stereocenters. The molecule has 2 aliphatic rings. The molecule has 17 nitrogen and oxygen atoms in total. The number of imide groups is 1. The molecule has 7 aromatic rings. The van der Waals surface area contributed by atoms with Crippen LogP contribution < -0.4 is 9.47 Å². The van der Waals surface area contributed by atoms with Gasteiger partial charge in [0.15, 0.2) is 24.5 Å². The Bertz CT molecular complexity index is 3090. The lowest BCUT2D eigenvalue weighted by atomic mass is 9.96. The monoisotopic (exact) mass is 897 g/mol. The van der Waals surface area contributed by atoms with Crippen molar-refractivity contribution in [1.29, 1.82) is 0 Å². The summed E-state index contributed by atoms with van der Waals surface area (Å²) in [7, 11) is 0. The van der Waals surface area contributed by atoms with E-state index in [0.29, 0.717) is 32.9 Å². The number of para-hydroxylation sites is 2. The highest BCUT2D eigenvalue weighted by Gasteiger charge is 2.54. The molecule has 4 heterocycles. The van der Waals surface area contributed by atoms with Crippen LogP contribution in [0.4, 0.5) is 0 Å². The molecule has 338 valence electrons. The van der Waals surface area contributed by atoms with Gasteiger partial charge in [-0.2, -0.15) is 0 Å². The summed E-state index contributed by atoms with van der Waals surface area (Å²) < 4.78 is 44.5. The maximum Gasteiger partial charge on any atom is 0.303 e. The van der Waals surface area contributed by atoms with Crippen LogP contribution in [0.3, 0.4) is 0 Å². The van der Waals surface area contributed by atoms with Crippen molar-refractivity contribution in [1.82, 2.24) is 14.5 Å². The molecule has 0 aliphatic carbocycles. The van der Waals surface area contributed by atoms with Crippen LogP contribution in [-0.4, -0.2) is 93.0 Å². The van der Waals surface area contributed by atoms with E-state index < -0.39 is 79.7 Å². The minimum Gasteiger partial charge on any atom is -0.487 e. The van der Waals surface area contributed by atoms with Crippen molar-refractivity contribution < 1.29 is 67.0 Å². The van der Waals surface area contributed by atoms with E-state index in [1.165, 1.54) is 6.92 Å². The Morgan fingerprint density at radius 2 is 1.15 bits per heavy atom. The number of hydrogen-bond acceptors (Lipinski definition) is 14. The Morgan fingerprint density at radius 3 is 1.74 bits per heavy atom. The van der Waals surface area contributed by atoms with Crippen LogP contribution in [0.1, 0.15) is 65.8 Å². The van der Waals surface area contributed by atoms with Gasteiger partial charge in [-0.1, -0.05) is 84.9 Å². The van der Waals surface area contributed by atoms with Gasteiger partial charge >= 0.3 is 23.9 Å². The summed E-state index contributed by atoms with van der Waals surface area (Å²) >= 11 is 0. The highest BCUT2D eigenvalue weighted by Crippen LogP contribution is 2.50. The molecule has 2 aliphatic heterocycles. The van der Waals surface area contributed by atoms with Gasteiger partial charge in [-0.05, 0) is 23.3 Å². The first kappa shape index (κ1) is 43.5. The molecule has 2 N–H and O–H groups in total. The van der Waals surface area contributed by atoms with Crippen molar-refractivity contribution in [2.75, 3.05) is 13.3 Å². The SMILES string of the molecule is CC(=O)OC[C@H]1O[C@@H](n2c3c(OCc4ccccc4)cccc3c3c4c(c5c6cccc(OCc7ccccc7)c6[nH]c5c32)C(=O)N(CO)C4=O)[C@H](OC(C)=O)[C@@H](OC(C)=O)[C@@H]1OC(C)=O. The number of nitrogens with zero attached hydrogens (tertiary/aromatic N) is 2. The summed E-state index contributed by atoms with van der Waals surface area (Å²) in [6.45, 7) is 3.39. The Hall–Kier alpha value is -7.76. The number of benzene rings is 5. The van der Waals surface area contributed by atoms with E-state index in [4.69, 9.17) is 33.2 Å². The van der Waals surface area contributed by atoms with Crippen molar-refractivity contribution in [2.24, 2.45) is 0 Å². The largest absolute Gasteiger partial charge is 0.487 e. The van der Waals surface area contributed by atoms with Crippen LogP contribution in [0.15, 0.2) is 97.1 Å². The van der Waals surface area contributed by atoms with E-state index >= 15 is 0 Å². The average Bonchev–Trinajstić information content (AvgIpc) is 3.93. The summed E-state index contributed by atoms with van der Waals surface area (Å²) in [5.74, 6) is -4.04. The maximum atomic E-state index is 14.6. The van der Waals surface area contributed by atoms with Gasteiger partial charge in [0, 0.05) is 49.2 Å². The fraction of sp³-hybridized carbons (Fsp3) is 0.265. The Morgan fingerprint density at radius 1 is 0.606 bits per heavy atom. The first-order valence-electron chi connectivity index (χ1n) is 21.0. The van der Waals surface area contributed by atoms with Crippen molar-refractivity contribution in [3.8, 4) is 11.5 Å². The van der Waals surface area contributed by atoms with E-state index in [1.54, 1.807) is 41.0 Å². The van der Waals surface area contributed by atoms with Gasteiger partial charge in [-0.15, -0.1) is 0 Å². The highest BCUT2D eigenvalue weighted by molar-refractivity contribution is 6.39. The zero-order valence-electron chi connectivity index (χ0n) is 36.1. The third-order valence-electron chi connectivity index (χ3n) is 11.5. The van der Waals surface area contributed by atoms with Gasteiger partial charge < -0.3 is 47.8 Å². The predicted molar refractivity (Wildman–Crippen MR) is 235 cm³/mol. The predicted octanol–water partition coefficient (Wildman–Crippen LogP) is 6.39. The molecule has 5 aromatic carbocycles. The number of aliphatic hydroxyl groups is 1. The topological polar surface area (TPSA) is 211 Å². The molecule has 0 spiro atoms. The quantitative estimate of drug-likeness (QED) is 0.0730. The summed E-state index contributed by atoms with van der Waals surface area (Å²) in [6, 6.07) is 29.2. The van der Waals surface area contributed by atoms with Gasteiger partial charge in [-0.25, -0.2) is 0 Å². The number of rotatable bonds is 13. The number of carbonyl (C=O) groups excluding carboxylic acids is 6. The molecule has 0 bridgehead atoms. The van der Waals surface area contributed by atoms with Crippen LogP contribution in [-0.2, 0) is 56.1 Å². The summed E-state index contributed by atoms with van der Waals surface area (Å²) in [5.41, 5.74) is 2.95. The highest BCUT2D eigenvalue weighted by atomic mass is 16.7. The van der Waals surface area contributed by atoms with Gasteiger partial charge in [0.25, 0.3) is 11.8 Å². The van der Waals surface area contributed by atoms with E-state index in [-0.39, 0.29) is 46.5 Å². The van der Waals surface area contributed by atoms with Crippen LogP contribution in [0.5, 0.6) is 11.5 Å². The summed E-state index contributed by atoms with van der Waals surface area (Å²) in [6.07, 6.45) is -7.56.